The molecule has 0 saturated heterocycles. The molecule has 0 bridgehead atoms. The highest BCUT2D eigenvalue weighted by molar-refractivity contribution is 5.91. The fraction of sp³-hybridized carbons (Fsp3) is 0.333. The van der Waals surface area contributed by atoms with E-state index in [-0.39, 0.29) is 30.6 Å². The Morgan fingerprint density at radius 3 is 2.93 bits per heavy atom. The second-order valence-corrected chi connectivity index (χ2v) is 2.56. The number of nitrogens with one attached hydrogen (secondary N) is 1. The molecule has 0 aromatic carbocycles. The van der Waals surface area contributed by atoms with Gasteiger partial charge in [0.25, 0.3) is 5.91 Å². The van der Waals surface area contributed by atoms with Crippen molar-refractivity contribution in [1.29, 1.82) is 0 Å². The quantitative estimate of drug-likeness (QED) is 0.716. The molecule has 0 aliphatic rings. The number of methoxy groups -OCH3 is 1. The van der Waals surface area contributed by atoms with Crippen LogP contribution in [0.4, 0.5) is 0 Å². The standard InChI is InChI=1S/C9H11NO4/c1-13-8(11)4-5-10-9(12)7-3-2-6-14-7/h2-3,6H,4-5H2,1H3,(H,10,12). The molecule has 0 atom stereocenters. The van der Waals surface area contributed by atoms with Gasteiger partial charge in [-0.15, -0.1) is 0 Å². The maximum atomic E-state index is 11.2. The molecule has 0 aliphatic carbocycles. The van der Waals surface area contributed by atoms with E-state index in [2.05, 4.69) is 10.1 Å². The molecule has 14 heavy (non-hydrogen) atoms. The van der Waals surface area contributed by atoms with Crippen LogP contribution in [0.1, 0.15) is 17.0 Å². The SMILES string of the molecule is COC(=O)CCNC(=O)c1ccco1. The molecular weight excluding hydrogens is 186 g/mol. The summed E-state index contributed by atoms with van der Waals surface area (Å²) in [5, 5.41) is 2.52. The van der Waals surface area contributed by atoms with Crippen molar-refractivity contribution in [3.8, 4) is 0 Å². The largest absolute Gasteiger partial charge is 0.469 e. The second-order valence-electron chi connectivity index (χ2n) is 2.56. The Morgan fingerprint density at radius 2 is 2.36 bits per heavy atom. The Balaban J connectivity index is 2.26. The minimum absolute atomic E-state index is 0.156. The van der Waals surface area contributed by atoms with Crippen LogP contribution in [0.15, 0.2) is 22.8 Å². The van der Waals surface area contributed by atoms with E-state index < -0.39 is 0 Å². The van der Waals surface area contributed by atoms with Crippen LogP contribution in [0.5, 0.6) is 0 Å². The zero-order chi connectivity index (χ0) is 10.4. The van der Waals surface area contributed by atoms with E-state index in [1.165, 1.54) is 13.4 Å². The minimum atomic E-state index is -0.357. The first-order chi connectivity index (χ1) is 6.74. The first-order valence-electron chi connectivity index (χ1n) is 4.12. The third-order valence-corrected chi connectivity index (χ3v) is 1.59. The van der Waals surface area contributed by atoms with E-state index in [0.29, 0.717) is 0 Å². The molecule has 0 spiro atoms. The van der Waals surface area contributed by atoms with Crippen LogP contribution in [-0.2, 0) is 9.53 Å². The molecule has 0 radical (unpaired) electrons. The van der Waals surface area contributed by atoms with E-state index in [1.807, 2.05) is 0 Å². The molecular formula is C9H11NO4. The van der Waals surface area contributed by atoms with E-state index in [9.17, 15) is 9.59 Å². The molecule has 0 aliphatic heterocycles. The molecule has 1 aromatic heterocycles. The van der Waals surface area contributed by atoms with Gasteiger partial charge < -0.3 is 14.5 Å². The highest BCUT2D eigenvalue weighted by Crippen LogP contribution is 1.98. The van der Waals surface area contributed by atoms with Gasteiger partial charge in [-0.05, 0) is 12.1 Å². The predicted molar refractivity (Wildman–Crippen MR) is 47.7 cm³/mol. The molecule has 1 rings (SSSR count). The lowest BCUT2D eigenvalue weighted by Crippen LogP contribution is -2.25. The third kappa shape index (κ3) is 2.93. The normalized spacial score (nSPS) is 9.50. The summed E-state index contributed by atoms with van der Waals surface area (Å²) in [6.45, 7) is 0.242. The van der Waals surface area contributed by atoms with Gasteiger partial charge in [0.2, 0.25) is 0 Å². The summed E-state index contributed by atoms with van der Waals surface area (Å²) < 4.78 is 9.26. The molecule has 5 heteroatoms. The number of amides is 1. The van der Waals surface area contributed by atoms with Gasteiger partial charge in [-0.3, -0.25) is 9.59 Å². The van der Waals surface area contributed by atoms with Crippen molar-refractivity contribution in [2.45, 2.75) is 6.42 Å². The molecule has 0 fully saturated rings. The number of furan rings is 1. The highest BCUT2D eigenvalue weighted by atomic mass is 16.5. The van der Waals surface area contributed by atoms with Gasteiger partial charge in [0.15, 0.2) is 5.76 Å². The van der Waals surface area contributed by atoms with E-state index in [4.69, 9.17) is 4.42 Å². The molecule has 1 aromatic rings. The molecule has 5 nitrogen and oxygen atoms in total. The lowest BCUT2D eigenvalue weighted by Gasteiger charge is -2.01. The molecule has 76 valence electrons. The zero-order valence-electron chi connectivity index (χ0n) is 7.78. The van der Waals surface area contributed by atoms with Crippen LogP contribution in [0, 0.1) is 0 Å². The molecule has 1 heterocycles. The summed E-state index contributed by atoms with van der Waals surface area (Å²) >= 11 is 0. The number of esters is 1. The van der Waals surface area contributed by atoms with Gasteiger partial charge in [0.1, 0.15) is 0 Å². The monoisotopic (exact) mass is 197 g/mol. The Kier molecular flexibility index (Phi) is 3.72. The molecule has 1 N–H and O–H groups in total. The van der Waals surface area contributed by atoms with Crippen molar-refractivity contribution in [3.05, 3.63) is 24.2 Å². The van der Waals surface area contributed by atoms with Crippen molar-refractivity contribution in [2.24, 2.45) is 0 Å². The maximum absolute atomic E-state index is 11.2. The fourth-order valence-corrected chi connectivity index (χ4v) is 0.875. The van der Waals surface area contributed by atoms with Crippen molar-refractivity contribution >= 4 is 11.9 Å². The van der Waals surface area contributed by atoms with Crippen molar-refractivity contribution in [1.82, 2.24) is 5.32 Å². The molecule has 0 saturated carbocycles. The summed E-state index contributed by atoms with van der Waals surface area (Å²) in [5.74, 6) is -0.460. The lowest BCUT2D eigenvalue weighted by atomic mass is 10.4. The third-order valence-electron chi connectivity index (χ3n) is 1.59. The van der Waals surface area contributed by atoms with Crippen molar-refractivity contribution in [3.63, 3.8) is 0 Å². The lowest BCUT2D eigenvalue weighted by molar-refractivity contribution is -0.140. The average Bonchev–Trinajstić information content (AvgIpc) is 2.70. The first-order valence-corrected chi connectivity index (χ1v) is 4.12. The van der Waals surface area contributed by atoms with Crippen LogP contribution in [0.25, 0.3) is 0 Å². The van der Waals surface area contributed by atoms with Crippen LogP contribution in [-0.4, -0.2) is 25.5 Å². The van der Waals surface area contributed by atoms with Gasteiger partial charge in [0, 0.05) is 6.54 Å². The van der Waals surface area contributed by atoms with Gasteiger partial charge in [-0.2, -0.15) is 0 Å². The fourth-order valence-electron chi connectivity index (χ4n) is 0.875. The van der Waals surface area contributed by atoms with Crippen molar-refractivity contribution in [2.75, 3.05) is 13.7 Å². The van der Waals surface area contributed by atoms with Gasteiger partial charge in [-0.25, -0.2) is 0 Å². The number of hydrogen-bond donors (Lipinski definition) is 1. The van der Waals surface area contributed by atoms with Crippen LogP contribution in [0.2, 0.25) is 0 Å². The number of carbonyl (C=O) groups is 2. The second kappa shape index (κ2) is 5.06. The highest BCUT2D eigenvalue weighted by Gasteiger charge is 2.08. The van der Waals surface area contributed by atoms with E-state index >= 15 is 0 Å². The Morgan fingerprint density at radius 1 is 1.57 bits per heavy atom. The summed E-state index contributed by atoms with van der Waals surface area (Å²) in [4.78, 5) is 21.9. The Bertz CT molecular complexity index is 305. The van der Waals surface area contributed by atoms with Gasteiger partial charge >= 0.3 is 5.97 Å². The summed E-state index contributed by atoms with van der Waals surface area (Å²) in [7, 11) is 1.30. The van der Waals surface area contributed by atoms with Crippen LogP contribution >= 0.6 is 0 Å². The summed E-state index contributed by atoms with van der Waals surface area (Å²) in [5.41, 5.74) is 0. The zero-order valence-corrected chi connectivity index (χ0v) is 7.78. The summed E-state index contributed by atoms with van der Waals surface area (Å²) in [6.07, 6.45) is 1.57. The van der Waals surface area contributed by atoms with E-state index in [0.717, 1.165) is 0 Å². The van der Waals surface area contributed by atoms with Crippen LogP contribution in [0.3, 0.4) is 0 Å². The number of ether oxygens (including phenoxy) is 1. The van der Waals surface area contributed by atoms with Crippen molar-refractivity contribution < 1.29 is 18.7 Å². The summed E-state index contributed by atoms with van der Waals surface area (Å²) in [6, 6.07) is 3.17. The number of carbonyl (C=O) groups excluding carboxylic acids is 2. The van der Waals surface area contributed by atoms with E-state index in [1.54, 1.807) is 12.1 Å². The maximum Gasteiger partial charge on any atom is 0.307 e. The average molecular weight is 197 g/mol. The molecule has 0 unspecified atom stereocenters. The van der Waals surface area contributed by atoms with Crippen LogP contribution < -0.4 is 5.32 Å². The number of hydrogen-bond acceptors (Lipinski definition) is 4. The predicted octanol–water partition coefficient (Wildman–Crippen LogP) is 0.572. The Labute approximate surface area is 81.0 Å². The Hall–Kier alpha value is -1.78. The van der Waals surface area contributed by atoms with Gasteiger partial charge in [-0.1, -0.05) is 0 Å². The topological polar surface area (TPSA) is 68.5 Å². The first kappa shape index (κ1) is 10.3. The molecule has 1 amide bonds. The minimum Gasteiger partial charge on any atom is -0.469 e. The van der Waals surface area contributed by atoms with Gasteiger partial charge in [0.05, 0.1) is 19.8 Å². The number of rotatable bonds is 4. The smallest absolute Gasteiger partial charge is 0.307 e.